The molecule has 2 aliphatic rings. The van der Waals surface area contributed by atoms with Crippen molar-refractivity contribution >= 4 is 11.6 Å². The van der Waals surface area contributed by atoms with Crippen LogP contribution in [-0.2, 0) is 24.2 Å². The van der Waals surface area contributed by atoms with Gasteiger partial charge in [-0.3, -0.25) is 4.79 Å². The first-order chi connectivity index (χ1) is 9.79. The minimum atomic E-state index is 0.117. The molecule has 1 amide bonds. The Labute approximate surface area is 117 Å². The molecule has 0 bridgehead atoms. The molecule has 4 nitrogen and oxygen atoms in total. The summed E-state index contributed by atoms with van der Waals surface area (Å²) in [7, 11) is 0. The quantitative estimate of drug-likeness (QED) is 0.742. The van der Waals surface area contributed by atoms with Crippen molar-refractivity contribution in [3.63, 3.8) is 0 Å². The zero-order valence-electron chi connectivity index (χ0n) is 11.3. The fraction of sp³-hybridized carbons (Fsp3) is 0.312. The number of carbonyl (C=O) groups excluding carboxylic acids is 1. The van der Waals surface area contributed by atoms with E-state index in [2.05, 4.69) is 33.8 Å². The lowest BCUT2D eigenvalue weighted by atomic mass is 9.99. The van der Waals surface area contributed by atoms with Crippen LogP contribution < -0.4 is 10.6 Å². The Balaban J connectivity index is 1.72. The van der Waals surface area contributed by atoms with Gasteiger partial charge in [-0.15, -0.1) is 0 Å². The molecule has 2 aliphatic heterocycles. The number of anilines is 1. The molecule has 0 fully saturated rings. The van der Waals surface area contributed by atoms with Gasteiger partial charge in [-0.05, 0) is 41.3 Å². The Hall–Kier alpha value is -2.07. The van der Waals surface area contributed by atoms with Crippen LogP contribution in [0.5, 0.6) is 0 Å². The van der Waals surface area contributed by atoms with Gasteiger partial charge in [0.1, 0.15) is 0 Å². The Morgan fingerprint density at radius 1 is 1.00 bits per heavy atom. The van der Waals surface area contributed by atoms with Crippen molar-refractivity contribution in [2.24, 2.45) is 0 Å². The molecule has 1 aromatic carbocycles. The van der Waals surface area contributed by atoms with Gasteiger partial charge in [0.2, 0.25) is 5.91 Å². The maximum Gasteiger partial charge on any atom is 0.224 e. The molecular formula is C16H17N3O. The predicted molar refractivity (Wildman–Crippen MR) is 78.6 cm³/mol. The van der Waals surface area contributed by atoms with Crippen LogP contribution in [0.3, 0.4) is 0 Å². The van der Waals surface area contributed by atoms with Crippen molar-refractivity contribution in [2.45, 2.75) is 25.8 Å². The summed E-state index contributed by atoms with van der Waals surface area (Å²) in [4.78, 5) is 14.9. The highest BCUT2D eigenvalue weighted by molar-refractivity contribution is 5.94. The number of aryl methyl sites for hydroxylation is 1. The number of hydrogen-bond acceptors (Lipinski definition) is 2. The van der Waals surface area contributed by atoms with E-state index in [0.717, 1.165) is 31.6 Å². The number of aromatic amines is 1. The first-order valence-electron chi connectivity index (χ1n) is 7.14. The monoisotopic (exact) mass is 267 g/mol. The maximum atomic E-state index is 11.4. The van der Waals surface area contributed by atoms with Gasteiger partial charge in [-0.25, -0.2) is 0 Å². The molecule has 0 spiro atoms. The molecule has 0 saturated carbocycles. The third kappa shape index (κ3) is 1.93. The minimum absolute atomic E-state index is 0.117. The van der Waals surface area contributed by atoms with Crippen molar-refractivity contribution in [2.75, 3.05) is 11.9 Å². The SMILES string of the molecule is O=C1CCc2cc(-c3cc4c([nH]3)CCNC4)ccc2N1. The highest BCUT2D eigenvalue weighted by atomic mass is 16.1. The average molecular weight is 267 g/mol. The van der Waals surface area contributed by atoms with E-state index < -0.39 is 0 Å². The van der Waals surface area contributed by atoms with E-state index in [1.807, 2.05) is 6.07 Å². The summed E-state index contributed by atoms with van der Waals surface area (Å²) in [5, 5.41) is 6.32. The first kappa shape index (κ1) is 11.7. The van der Waals surface area contributed by atoms with Gasteiger partial charge < -0.3 is 15.6 Å². The number of aromatic nitrogens is 1. The molecule has 1 aromatic heterocycles. The second-order valence-electron chi connectivity index (χ2n) is 5.53. The fourth-order valence-corrected chi connectivity index (χ4v) is 3.06. The zero-order chi connectivity index (χ0) is 13.5. The van der Waals surface area contributed by atoms with Crippen molar-refractivity contribution in [3.05, 3.63) is 41.1 Å². The van der Waals surface area contributed by atoms with Crippen molar-refractivity contribution in [3.8, 4) is 11.3 Å². The Morgan fingerprint density at radius 3 is 2.85 bits per heavy atom. The molecule has 0 saturated heterocycles. The third-order valence-corrected chi connectivity index (χ3v) is 4.17. The summed E-state index contributed by atoms with van der Waals surface area (Å²) in [5.41, 5.74) is 7.30. The van der Waals surface area contributed by atoms with Gasteiger partial charge in [-0.1, -0.05) is 6.07 Å². The number of benzene rings is 1. The molecule has 4 heteroatoms. The van der Waals surface area contributed by atoms with E-state index in [1.165, 1.54) is 28.1 Å². The Kier molecular flexibility index (Phi) is 2.63. The van der Waals surface area contributed by atoms with Crippen molar-refractivity contribution in [1.82, 2.24) is 10.3 Å². The summed E-state index contributed by atoms with van der Waals surface area (Å²) >= 11 is 0. The molecule has 0 radical (unpaired) electrons. The van der Waals surface area contributed by atoms with Crippen LogP contribution >= 0.6 is 0 Å². The normalized spacial score (nSPS) is 17.3. The maximum absolute atomic E-state index is 11.4. The van der Waals surface area contributed by atoms with Crippen LogP contribution in [-0.4, -0.2) is 17.4 Å². The molecule has 102 valence electrons. The van der Waals surface area contributed by atoms with Gasteiger partial charge in [0.05, 0.1) is 0 Å². The number of nitrogens with one attached hydrogen (secondary N) is 3. The largest absolute Gasteiger partial charge is 0.358 e. The summed E-state index contributed by atoms with van der Waals surface area (Å²) in [6.07, 6.45) is 2.48. The van der Waals surface area contributed by atoms with Crippen LogP contribution in [0.4, 0.5) is 5.69 Å². The molecule has 3 N–H and O–H groups in total. The highest BCUT2D eigenvalue weighted by Gasteiger charge is 2.17. The lowest BCUT2D eigenvalue weighted by Crippen LogP contribution is -2.22. The number of hydrogen-bond donors (Lipinski definition) is 3. The molecule has 0 unspecified atom stereocenters. The number of amides is 1. The lowest BCUT2D eigenvalue weighted by molar-refractivity contribution is -0.116. The van der Waals surface area contributed by atoms with Crippen LogP contribution in [0, 0.1) is 0 Å². The molecule has 20 heavy (non-hydrogen) atoms. The number of fused-ring (bicyclic) bond motifs is 2. The number of H-pyrrole nitrogens is 1. The fourth-order valence-electron chi connectivity index (χ4n) is 3.06. The smallest absolute Gasteiger partial charge is 0.224 e. The third-order valence-electron chi connectivity index (χ3n) is 4.17. The molecule has 3 heterocycles. The molecular weight excluding hydrogens is 250 g/mol. The Bertz CT molecular complexity index is 664. The molecule has 4 rings (SSSR count). The highest BCUT2D eigenvalue weighted by Crippen LogP contribution is 2.30. The lowest BCUT2D eigenvalue weighted by Gasteiger charge is -2.17. The summed E-state index contributed by atoms with van der Waals surface area (Å²) in [6.45, 7) is 2.00. The summed E-state index contributed by atoms with van der Waals surface area (Å²) < 4.78 is 0. The average Bonchev–Trinajstić information content (AvgIpc) is 2.90. The van der Waals surface area contributed by atoms with Gasteiger partial charge in [0.15, 0.2) is 0 Å². The summed E-state index contributed by atoms with van der Waals surface area (Å²) in [5.74, 6) is 0.117. The standard InChI is InChI=1S/C16H17N3O/c20-16-4-2-10-7-11(1-3-13(10)19-16)15-8-12-9-17-6-5-14(12)18-15/h1,3,7-8,17-18H,2,4-6,9H2,(H,19,20). The molecule has 2 aromatic rings. The first-order valence-corrected chi connectivity index (χ1v) is 7.14. The van der Waals surface area contributed by atoms with Crippen LogP contribution in [0.15, 0.2) is 24.3 Å². The van der Waals surface area contributed by atoms with E-state index in [4.69, 9.17) is 0 Å². The second kappa shape index (κ2) is 4.49. The molecule has 0 atom stereocenters. The van der Waals surface area contributed by atoms with E-state index >= 15 is 0 Å². The number of rotatable bonds is 1. The van der Waals surface area contributed by atoms with E-state index in [9.17, 15) is 4.79 Å². The van der Waals surface area contributed by atoms with Crippen LogP contribution in [0.1, 0.15) is 23.2 Å². The zero-order valence-corrected chi connectivity index (χ0v) is 11.3. The minimum Gasteiger partial charge on any atom is -0.358 e. The van der Waals surface area contributed by atoms with Gasteiger partial charge in [-0.2, -0.15) is 0 Å². The van der Waals surface area contributed by atoms with Crippen molar-refractivity contribution in [1.29, 1.82) is 0 Å². The van der Waals surface area contributed by atoms with Crippen LogP contribution in [0.25, 0.3) is 11.3 Å². The second-order valence-corrected chi connectivity index (χ2v) is 5.53. The van der Waals surface area contributed by atoms with Crippen molar-refractivity contribution < 1.29 is 4.79 Å². The van der Waals surface area contributed by atoms with Gasteiger partial charge in [0.25, 0.3) is 0 Å². The van der Waals surface area contributed by atoms with Crippen LogP contribution in [0.2, 0.25) is 0 Å². The topological polar surface area (TPSA) is 56.9 Å². The van der Waals surface area contributed by atoms with Gasteiger partial charge in [0, 0.05) is 43.0 Å². The predicted octanol–water partition coefficient (Wildman–Crippen LogP) is 2.21. The van der Waals surface area contributed by atoms with E-state index in [1.54, 1.807) is 0 Å². The van der Waals surface area contributed by atoms with E-state index in [-0.39, 0.29) is 5.91 Å². The Morgan fingerprint density at radius 2 is 1.95 bits per heavy atom. The van der Waals surface area contributed by atoms with Gasteiger partial charge >= 0.3 is 0 Å². The number of carbonyl (C=O) groups is 1. The summed E-state index contributed by atoms with van der Waals surface area (Å²) in [6, 6.07) is 8.53. The van der Waals surface area contributed by atoms with E-state index in [0.29, 0.717) is 6.42 Å². The molecule has 0 aliphatic carbocycles.